The molecule has 2 amide bonds. The third-order valence-corrected chi connectivity index (χ3v) is 3.44. The fraction of sp³-hybridized carbons (Fsp3) is 0.417. The van der Waals surface area contributed by atoms with Crippen LogP contribution >= 0.6 is 11.3 Å². The molecule has 6 nitrogen and oxygen atoms in total. The summed E-state index contributed by atoms with van der Waals surface area (Å²) in [5.41, 5.74) is -0.733. The Hall–Kier alpha value is -1.91. The molecule has 102 valence electrons. The number of carbonyl (C=O) groups excluding carboxylic acids is 2. The van der Waals surface area contributed by atoms with E-state index >= 15 is 0 Å². The maximum absolute atomic E-state index is 11.6. The van der Waals surface area contributed by atoms with E-state index in [-0.39, 0.29) is 6.54 Å². The van der Waals surface area contributed by atoms with E-state index in [1.54, 1.807) is 25.3 Å². The number of hydrogen-bond acceptors (Lipinski definition) is 5. The Morgan fingerprint density at radius 1 is 1.53 bits per heavy atom. The first-order valence-electron chi connectivity index (χ1n) is 5.69. The van der Waals surface area contributed by atoms with Crippen molar-refractivity contribution in [3.63, 3.8) is 0 Å². The maximum Gasteiger partial charge on any atom is 0.314 e. The van der Waals surface area contributed by atoms with Gasteiger partial charge in [0.2, 0.25) is 0 Å². The predicted molar refractivity (Wildman–Crippen MR) is 71.6 cm³/mol. The Labute approximate surface area is 115 Å². The van der Waals surface area contributed by atoms with Crippen LogP contribution in [0.25, 0.3) is 0 Å². The number of nitriles is 1. The molecule has 1 atom stereocenters. The molecule has 3 N–H and O–H groups in total. The minimum atomic E-state index is -1.04. The van der Waals surface area contributed by atoms with Crippen LogP contribution < -0.4 is 10.6 Å². The zero-order chi connectivity index (χ0) is 14.5. The van der Waals surface area contributed by atoms with Crippen LogP contribution in [0.15, 0.2) is 11.4 Å². The first kappa shape index (κ1) is 15.1. The SMILES string of the molecule is CCC(C)(O)CNC(=O)C(=O)Nc1sccc1C#N. The van der Waals surface area contributed by atoms with Gasteiger partial charge in [-0.3, -0.25) is 9.59 Å². The van der Waals surface area contributed by atoms with Crippen LogP contribution in [0, 0.1) is 11.3 Å². The molecule has 1 aromatic heterocycles. The second-order valence-corrected chi connectivity index (χ2v) is 5.18. The zero-order valence-corrected chi connectivity index (χ0v) is 11.5. The van der Waals surface area contributed by atoms with Crippen molar-refractivity contribution in [1.29, 1.82) is 5.26 Å². The largest absolute Gasteiger partial charge is 0.388 e. The molecule has 0 aliphatic heterocycles. The molecular weight excluding hydrogens is 266 g/mol. The first-order chi connectivity index (χ1) is 8.89. The summed E-state index contributed by atoms with van der Waals surface area (Å²) in [6.45, 7) is 3.33. The highest BCUT2D eigenvalue weighted by molar-refractivity contribution is 7.14. The van der Waals surface area contributed by atoms with Gasteiger partial charge in [0.05, 0.1) is 11.2 Å². The summed E-state index contributed by atoms with van der Waals surface area (Å²) in [4.78, 5) is 23.1. The quantitative estimate of drug-likeness (QED) is 0.711. The molecule has 0 aromatic carbocycles. The van der Waals surface area contributed by atoms with Gasteiger partial charge in [-0.2, -0.15) is 5.26 Å². The number of rotatable bonds is 4. The lowest BCUT2D eigenvalue weighted by molar-refractivity contribution is -0.136. The number of carbonyl (C=O) groups is 2. The summed E-state index contributed by atoms with van der Waals surface area (Å²) >= 11 is 1.16. The lowest BCUT2D eigenvalue weighted by atomic mass is 10.0. The van der Waals surface area contributed by atoms with Crippen molar-refractivity contribution in [3.05, 3.63) is 17.0 Å². The molecule has 0 radical (unpaired) electrons. The Kier molecular flexibility index (Phi) is 5.03. The summed E-state index contributed by atoms with van der Waals surface area (Å²) in [7, 11) is 0. The number of nitrogens with one attached hydrogen (secondary N) is 2. The Balaban J connectivity index is 2.55. The van der Waals surface area contributed by atoms with E-state index in [2.05, 4.69) is 10.6 Å². The molecule has 0 fully saturated rings. The molecule has 1 unspecified atom stereocenters. The highest BCUT2D eigenvalue weighted by Gasteiger charge is 2.22. The van der Waals surface area contributed by atoms with Gasteiger partial charge in [-0.05, 0) is 24.8 Å². The van der Waals surface area contributed by atoms with Crippen molar-refractivity contribution in [2.75, 3.05) is 11.9 Å². The van der Waals surface area contributed by atoms with E-state index in [1.807, 2.05) is 6.07 Å². The summed E-state index contributed by atoms with van der Waals surface area (Å²) in [5, 5.41) is 25.2. The van der Waals surface area contributed by atoms with Crippen molar-refractivity contribution in [3.8, 4) is 6.07 Å². The monoisotopic (exact) mass is 281 g/mol. The molecule has 0 bridgehead atoms. The van der Waals surface area contributed by atoms with Gasteiger partial charge in [0.15, 0.2) is 0 Å². The molecule has 1 heterocycles. The standard InChI is InChI=1S/C12H15N3O3S/c1-3-12(2,18)7-14-9(16)10(17)15-11-8(6-13)4-5-19-11/h4-5,18H,3,7H2,1-2H3,(H,14,16)(H,15,17). The van der Waals surface area contributed by atoms with Crippen molar-refractivity contribution in [2.24, 2.45) is 0 Å². The van der Waals surface area contributed by atoms with Crippen LogP contribution in [-0.2, 0) is 9.59 Å². The normalized spacial score (nSPS) is 13.2. The fourth-order valence-electron chi connectivity index (χ4n) is 1.13. The number of hydrogen-bond donors (Lipinski definition) is 3. The van der Waals surface area contributed by atoms with Crippen LogP contribution in [-0.4, -0.2) is 29.1 Å². The average Bonchev–Trinajstić information content (AvgIpc) is 2.83. The minimum absolute atomic E-state index is 0.00863. The van der Waals surface area contributed by atoms with Crippen LogP contribution in [0.1, 0.15) is 25.8 Å². The van der Waals surface area contributed by atoms with E-state index in [9.17, 15) is 14.7 Å². The van der Waals surface area contributed by atoms with E-state index in [0.717, 1.165) is 11.3 Å². The van der Waals surface area contributed by atoms with Crippen LogP contribution in [0.2, 0.25) is 0 Å². The Bertz CT molecular complexity index is 517. The first-order valence-corrected chi connectivity index (χ1v) is 6.56. The summed E-state index contributed by atoms with van der Waals surface area (Å²) < 4.78 is 0. The summed E-state index contributed by atoms with van der Waals surface area (Å²) in [5.74, 6) is -1.70. The smallest absolute Gasteiger partial charge is 0.314 e. The van der Waals surface area contributed by atoms with E-state index in [4.69, 9.17) is 5.26 Å². The molecular formula is C12H15N3O3S. The van der Waals surface area contributed by atoms with E-state index in [0.29, 0.717) is 17.0 Å². The third-order valence-electron chi connectivity index (χ3n) is 2.61. The zero-order valence-electron chi connectivity index (χ0n) is 10.7. The molecule has 0 saturated heterocycles. The highest BCUT2D eigenvalue weighted by Crippen LogP contribution is 2.21. The van der Waals surface area contributed by atoms with Gasteiger partial charge in [-0.15, -0.1) is 11.3 Å². The van der Waals surface area contributed by atoms with Gasteiger partial charge in [0.25, 0.3) is 0 Å². The number of aliphatic hydroxyl groups is 1. The van der Waals surface area contributed by atoms with Crippen molar-refractivity contribution < 1.29 is 14.7 Å². The lowest BCUT2D eigenvalue weighted by Gasteiger charge is -2.21. The van der Waals surface area contributed by atoms with Gasteiger partial charge in [-0.25, -0.2) is 0 Å². The average molecular weight is 281 g/mol. The molecule has 0 saturated carbocycles. The molecule has 1 aromatic rings. The van der Waals surface area contributed by atoms with Gasteiger partial charge in [0, 0.05) is 6.54 Å². The lowest BCUT2D eigenvalue weighted by Crippen LogP contribution is -2.44. The molecule has 7 heteroatoms. The van der Waals surface area contributed by atoms with Crippen LogP contribution in [0.3, 0.4) is 0 Å². The third kappa shape index (κ3) is 4.35. The van der Waals surface area contributed by atoms with Gasteiger partial charge in [0.1, 0.15) is 11.1 Å². The van der Waals surface area contributed by atoms with Crippen molar-refractivity contribution >= 4 is 28.2 Å². The summed E-state index contributed by atoms with van der Waals surface area (Å²) in [6, 6.07) is 3.46. The summed E-state index contributed by atoms with van der Waals surface area (Å²) in [6.07, 6.45) is 0.457. The van der Waals surface area contributed by atoms with Gasteiger partial charge >= 0.3 is 11.8 Å². The Morgan fingerprint density at radius 2 is 2.21 bits per heavy atom. The number of thiophene rings is 1. The molecule has 0 aliphatic rings. The van der Waals surface area contributed by atoms with E-state index < -0.39 is 17.4 Å². The second-order valence-electron chi connectivity index (χ2n) is 4.26. The second kappa shape index (κ2) is 6.31. The van der Waals surface area contributed by atoms with Crippen molar-refractivity contribution in [1.82, 2.24) is 5.32 Å². The van der Waals surface area contributed by atoms with Crippen molar-refractivity contribution in [2.45, 2.75) is 25.9 Å². The maximum atomic E-state index is 11.6. The predicted octanol–water partition coefficient (Wildman–Crippen LogP) is 0.835. The molecule has 0 spiro atoms. The van der Waals surface area contributed by atoms with Crippen LogP contribution in [0.4, 0.5) is 5.00 Å². The topological polar surface area (TPSA) is 102 Å². The molecule has 1 rings (SSSR count). The highest BCUT2D eigenvalue weighted by atomic mass is 32.1. The number of amides is 2. The van der Waals surface area contributed by atoms with Crippen LogP contribution in [0.5, 0.6) is 0 Å². The number of anilines is 1. The van der Waals surface area contributed by atoms with E-state index in [1.165, 1.54) is 0 Å². The van der Waals surface area contributed by atoms with Gasteiger partial charge in [-0.1, -0.05) is 6.92 Å². The minimum Gasteiger partial charge on any atom is -0.388 e. The molecule has 0 aliphatic carbocycles. The fourth-order valence-corrected chi connectivity index (χ4v) is 1.86. The van der Waals surface area contributed by atoms with Gasteiger partial charge < -0.3 is 15.7 Å². The molecule has 19 heavy (non-hydrogen) atoms. The Morgan fingerprint density at radius 3 is 2.79 bits per heavy atom. The number of nitrogens with zero attached hydrogens (tertiary/aromatic N) is 1.